The van der Waals surface area contributed by atoms with Crippen molar-refractivity contribution in [3.05, 3.63) is 65.0 Å². The average molecular weight is 390 g/mol. The molecular weight excluding hydrogens is 369 g/mol. The van der Waals surface area contributed by atoms with Crippen molar-refractivity contribution in [3.8, 4) is 0 Å². The summed E-state index contributed by atoms with van der Waals surface area (Å²) in [5.74, 6) is -5.21. The number of halogens is 3. The van der Waals surface area contributed by atoms with Crippen molar-refractivity contribution < 1.29 is 22.8 Å². The summed E-state index contributed by atoms with van der Waals surface area (Å²) in [5, 5.41) is 2.21. The van der Waals surface area contributed by atoms with Gasteiger partial charge in [-0.2, -0.15) is 0 Å². The Morgan fingerprint density at radius 2 is 1.68 bits per heavy atom. The zero-order valence-corrected chi connectivity index (χ0v) is 15.5. The molecule has 0 aliphatic carbocycles. The summed E-state index contributed by atoms with van der Waals surface area (Å²) in [4.78, 5) is 26.9. The molecule has 1 unspecified atom stereocenters. The second-order valence-corrected chi connectivity index (χ2v) is 6.81. The maximum atomic E-state index is 13.7. The first-order chi connectivity index (χ1) is 13.4. The van der Waals surface area contributed by atoms with E-state index in [2.05, 4.69) is 12.2 Å². The van der Waals surface area contributed by atoms with Gasteiger partial charge < -0.3 is 10.2 Å². The quantitative estimate of drug-likeness (QED) is 0.765. The van der Waals surface area contributed by atoms with Crippen LogP contribution in [0.25, 0.3) is 0 Å². The number of nitrogens with zero attached hydrogens (tertiary/aromatic N) is 1. The van der Waals surface area contributed by atoms with Crippen LogP contribution in [0.5, 0.6) is 0 Å². The van der Waals surface area contributed by atoms with Gasteiger partial charge in [0.1, 0.15) is 0 Å². The molecule has 1 N–H and O–H groups in total. The third kappa shape index (κ3) is 4.03. The van der Waals surface area contributed by atoms with Gasteiger partial charge >= 0.3 is 0 Å². The van der Waals surface area contributed by atoms with Crippen LogP contribution in [0.2, 0.25) is 0 Å². The summed E-state index contributed by atoms with van der Waals surface area (Å²) in [6.07, 6.45) is 3.97. The molecule has 0 bridgehead atoms. The standard InChI is InChI=1S/C21H21F3N2O2/c1-2-15-5-3-4-12-26(15)21(28)14-8-6-13(7-9-14)20(27)25-17-11-10-16(22)18(23)19(17)24/h6-11,15H,2-5,12H2,1H3,(H,25,27). The molecule has 4 nitrogen and oxygen atoms in total. The first-order valence-corrected chi connectivity index (χ1v) is 9.28. The molecule has 1 fully saturated rings. The highest BCUT2D eigenvalue weighted by molar-refractivity contribution is 6.05. The van der Waals surface area contributed by atoms with E-state index < -0.39 is 29.0 Å². The highest BCUT2D eigenvalue weighted by Gasteiger charge is 2.26. The van der Waals surface area contributed by atoms with Gasteiger partial charge in [-0.1, -0.05) is 6.92 Å². The number of anilines is 1. The van der Waals surface area contributed by atoms with E-state index >= 15 is 0 Å². The topological polar surface area (TPSA) is 49.4 Å². The normalized spacial score (nSPS) is 16.7. The zero-order chi connectivity index (χ0) is 20.3. The maximum absolute atomic E-state index is 13.7. The van der Waals surface area contributed by atoms with Crippen LogP contribution in [0.1, 0.15) is 53.3 Å². The van der Waals surface area contributed by atoms with E-state index in [1.807, 2.05) is 4.90 Å². The Labute approximate surface area is 161 Å². The Bertz CT molecular complexity index is 884. The van der Waals surface area contributed by atoms with Crippen molar-refractivity contribution in [2.45, 2.75) is 38.6 Å². The maximum Gasteiger partial charge on any atom is 0.255 e. The van der Waals surface area contributed by atoms with Crippen LogP contribution >= 0.6 is 0 Å². The van der Waals surface area contributed by atoms with Crippen molar-refractivity contribution in [2.24, 2.45) is 0 Å². The highest BCUT2D eigenvalue weighted by atomic mass is 19.2. The summed E-state index contributed by atoms with van der Waals surface area (Å²) in [5.41, 5.74) is 0.186. The first kappa shape index (κ1) is 19.9. The van der Waals surface area contributed by atoms with Gasteiger partial charge in [0.25, 0.3) is 11.8 Å². The number of amides is 2. The van der Waals surface area contributed by atoms with Gasteiger partial charge in [0.15, 0.2) is 17.5 Å². The van der Waals surface area contributed by atoms with E-state index in [1.54, 1.807) is 12.1 Å². The van der Waals surface area contributed by atoms with E-state index in [0.717, 1.165) is 44.4 Å². The van der Waals surface area contributed by atoms with Crippen molar-refractivity contribution in [3.63, 3.8) is 0 Å². The number of carbonyl (C=O) groups is 2. The average Bonchev–Trinajstić information content (AvgIpc) is 2.73. The van der Waals surface area contributed by atoms with Crippen molar-refractivity contribution in [1.29, 1.82) is 0 Å². The van der Waals surface area contributed by atoms with E-state index in [1.165, 1.54) is 12.1 Å². The van der Waals surface area contributed by atoms with Gasteiger partial charge in [-0.25, -0.2) is 13.2 Å². The smallest absolute Gasteiger partial charge is 0.255 e. The SMILES string of the molecule is CCC1CCCCN1C(=O)c1ccc(C(=O)Nc2ccc(F)c(F)c2F)cc1. The lowest BCUT2D eigenvalue weighted by Gasteiger charge is -2.35. The Kier molecular flexibility index (Phi) is 6.02. The number of nitrogens with one attached hydrogen (secondary N) is 1. The zero-order valence-electron chi connectivity index (χ0n) is 15.5. The molecule has 2 amide bonds. The molecule has 0 aromatic heterocycles. The molecule has 1 aliphatic heterocycles. The molecule has 3 rings (SSSR count). The van der Waals surface area contributed by atoms with E-state index in [-0.39, 0.29) is 17.5 Å². The largest absolute Gasteiger partial charge is 0.336 e. The predicted molar refractivity (Wildman–Crippen MR) is 99.7 cm³/mol. The fourth-order valence-corrected chi connectivity index (χ4v) is 3.44. The molecule has 1 heterocycles. The van der Waals surface area contributed by atoms with Gasteiger partial charge in [-0.05, 0) is 62.1 Å². The molecular formula is C21H21F3N2O2. The molecule has 2 aromatic carbocycles. The number of piperidine rings is 1. The molecule has 7 heteroatoms. The molecule has 0 radical (unpaired) electrons. The van der Waals surface area contributed by atoms with Crippen LogP contribution < -0.4 is 5.32 Å². The van der Waals surface area contributed by atoms with Crippen LogP contribution in [0, 0.1) is 17.5 Å². The fourth-order valence-electron chi connectivity index (χ4n) is 3.44. The number of likely N-dealkylation sites (tertiary alicyclic amines) is 1. The Morgan fingerprint density at radius 3 is 2.36 bits per heavy atom. The molecule has 1 aliphatic rings. The summed E-state index contributed by atoms with van der Waals surface area (Å²) in [7, 11) is 0. The Hall–Kier alpha value is -2.83. The minimum atomic E-state index is -1.65. The molecule has 0 spiro atoms. The van der Waals surface area contributed by atoms with Crippen LogP contribution in [-0.2, 0) is 0 Å². The lowest BCUT2D eigenvalue weighted by Crippen LogP contribution is -2.43. The molecule has 148 valence electrons. The third-order valence-corrected chi connectivity index (χ3v) is 5.04. The minimum Gasteiger partial charge on any atom is -0.336 e. The van der Waals surface area contributed by atoms with Gasteiger partial charge in [-0.15, -0.1) is 0 Å². The molecule has 0 saturated carbocycles. The Morgan fingerprint density at radius 1 is 1.00 bits per heavy atom. The number of hydrogen-bond acceptors (Lipinski definition) is 2. The van der Waals surface area contributed by atoms with Gasteiger partial charge in [0.05, 0.1) is 5.69 Å². The number of hydrogen-bond donors (Lipinski definition) is 1. The van der Waals surface area contributed by atoms with E-state index in [4.69, 9.17) is 0 Å². The number of benzene rings is 2. The van der Waals surface area contributed by atoms with Gasteiger partial charge in [0.2, 0.25) is 0 Å². The first-order valence-electron chi connectivity index (χ1n) is 9.28. The van der Waals surface area contributed by atoms with Crippen molar-refractivity contribution in [1.82, 2.24) is 4.90 Å². The second-order valence-electron chi connectivity index (χ2n) is 6.81. The fraction of sp³-hybridized carbons (Fsp3) is 0.333. The summed E-state index contributed by atoms with van der Waals surface area (Å²) in [6, 6.07) is 7.89. The minimum absolute atomic E-state index is 0.0786. The molecule has 28 heavy (non-hydrogen) atoms. The lowest BCUT2D eigenvalue weighted by atomic mass is 9.98. The second kappa shape index (κ2) is 8.46. The van der Waals surface area contributed by atoms with E-state index in [0.29, 0.717) is 5.56 Å². The highest BCUT2D eigenvalue weighted by Crippen LogP contribution is 2.23. The Balaban J connectivity index is 1.72. The summed E-state index contributed by atoms with van der Waals surface area (Å²) < 4.78 is 40.0. The number of rotatable bonds is 4. The summed E-state index contributed by atoms with van der Waals surface area (Å²) in [6.45, 7) is 2.77. The van der Waals surface area contributed by atoms with Crippen LogP contribution in [-0.4, -0.2) is 29.3 Å². The summed E-state index contributed by atoms with van der Waals surface area (Å²) >= 11 is 0. The van der Waals surface area contributed by atoms with Crippen molar-refractivity contribution in [2.75, 3.05) is 11.9 Å². The molecule has 1 saturated heterocycles. The van der Waals surface area contributed by atoms with Gasteiger partial charge in [0, 0.05) is 23.7 Å². The van der Waals surface area contributed by atoms with Crippen LogP contribution in [0.4, 0.5) is 18.9 Å². The number of carbonyl (C=O) groups excluding carboxylic acids is 2. The van der Waals surface area contributed by atoms with Crippen LogP contribution in [0.15, 0.2) is 36.4 Å². The lowest BCUT2D eigenvalue weighted by molar-refractivity contribution is 0.0607. The van der Waals surface area contributed by atoms with E-state index in [9.17, 15) is 22.8 Å². The molecule has 1 atom stereocenters. The third-order valence-electron chi connectivity index (χ3n) is 5.04. The van der Waals surface area contributed by atoms with Crippen LogP contribution in [0.3, 0.4) is 0 Å². The monoisotopic (exact) mass is 390 g/mol. The predicted octanol–water partition coefficient (Wildman–Crippen LogP) is 4.76. The van der Waals surface area contributed by atoms with Gasteiger partial charge in [-0.3, -0.25) is 9.59 Å². The van der Waals surface area contributed by atoms with Crippen molar-refractivity contribution >= 4 is 17.5 Å². The molecule has 2 aromatic rings.